The largest absolute Gasteiger partial charge is 0.378 e. The van der Waals surface area contributed by atoms with E-state index in [0.29, 0.717) is 24.0 Å². The summed E-state index contributed by atoms with van der Waals surface area (Å²) in [5.41, 5.74) is 6.03. The van der Waals surface area contributed by atoms with Crippen molar-refractivity contribution >= 4 is 0 Å². The molecule has 64 valence electrons. The second-order valence-corrected chi connectivity index (χ2v) is 4.02. The SMILES string of the molecule is C[C@@H]1CO[C@@H]2CCC[C@@H](N)[C@H]12. The van der Waals surface area contributed by atoms with E-state index >= 15 is 0 Å². The second kappa shape index (κ2) is 2.76. The molecule has 2 N–H and O–H groups in total. The summed E-state index contributed by atoms with van der Waals surface area (Å²) in [5.74, 6) is 1.35. The number of hydrogen-bond donors (Lipinski definition) is 1. The van der Waals surface area contributed by atoms with Crippen molar-refractivity contribution in [3.05, 3.63) is 0 Å². The number of rotatable bonds is 0. The van der Waals surface area contributed by atoms with Crippen molar-refractivity contribution < 1.29 is 4.74 Å². The summed E-state index contributed by atoms with van der Waals surface area (Å²) in [6, 6.07) is 0.409. The van der Waals surface area contributed by atoms with Crippen LogP contribution in [0.5, 0.6) is 0 Å². The maximum atomic E-state index is 6.03. The molecule has 2 heteroatoms. The maximum absolute atomic E-state index is 6.03. The Morgan fingerprint density at radius 2 is 2.18 bits per heavy atom. The fourth-order valence-electron chi connectivity index (χ4n) is 2.58. The smallest absolute Gasteiger partial charge is 0.0621 e. The molecule has 1 aliphatic carbocycles. The van der Waals surface area contributed by atoms with E-state index in [0.717, 1.165) is 6.61 Å². The first-order valence-corrected chi connectivity index (χ1v) is 4.66. The van der Waals surface area contributed by atoms with Crippen LogP contribution in [0.3, 0.4) is 0 Å². The molecule has 0 amide bonds. The van der Waals surface area contributed by atoms with Crippen LogP contribution >= 0.6 is 0 Å². The van der Waals surface area contributed by atoms with E-state index in [-0.39, 0.29) is 0 Å². The minimum absolute atomic E-state index is 0.409. The topological polar surface area (TPSA) is 35.2 Å². The van der Waals surface area contributed by atoms with Gasteiger partial charge in [-0.15, -0.1) is 0 Å². The van der Waals surface area contributed by atoms with Crippen molar-refractivity contribution in [1.82, 2.24) is 0 Å². The first kappa shape index (κ1) is 7.56. The van der Waals surface area contributed by atoms with Crippen LogP contribution < -0.4 is 5.73 Å². The summed E-state index contributed by atoms with van der Waals surface area (Å²) in [4.78, 5) is 0. The maximum Gasteiger partial charge on any atom is 0.0621 e. The van der Waals surface area contributed by atoms with Crippen molar-refractivity contribution in [1.29, 1.82) is 0 Å². The summed E-state index contributed by atoms with van der Waals surface area (Å²) in [6.45, 7) is 3.19. The summed E-state index contributed by atoms with van der Waals surface area (Å²) in [5, 5.41) is 0. The van der Waals surface area contributed by atoms with Gasteiger partial charge in [-0.05, 0) is 25.2 Å². The summed E-state index contributed by atoms with van der Waals surface area (Å²) in [6.07, 6.45) is 4.20. The van der Waals surface area contributed by atoms with E-state index in [4.69, 9.17) is 10.5 Å². The molecule has 1 saturated carbocycles. The minimum Gasteiger partial charge on any atom is -0.378 e. The van der Waals surface area contributed by atoms with Crippen LogP contribution in [0.25, 0.3) is 0 Å². The molecule has 2 aliphatic rings. The van der Waals surface area contributed by atoms with Gasteiger partial charge in [0.1, 0.15) is 0 Å². The standard InChI is InChI=1S/C9H17NO/c1-6-5-11-8-4-2-3-7(10)9(6)8/h6-9H,2-5,10H2,1H3/t6-,7-,8-,9+/m1/s1. The van der Waals surface area contributed by atoms with Gasteiger partial charge in [0, 0.05) is 18.6 Å². The van der Waals surface area contributed by atoms with Gasteiger partial charge in [-0.1, -0.05) is 6.92 Å². The van der Waals surface area contributed by atoms with E-state index in [1.54, 1.807) is 0 Å². The van der Waals surface area contributed by atoms with Crippen LogP contribution in [0.15, 0.2) is 0 Å². The van der Waals surface area contributed by atoms with Gasteiger partial charge in [0.15, 0.2) is 0 Å². The third-order valence-corrected chi connectivity index (χ3v) is 3.18. The van der Waals surface area contributed by atoms with E-state index < -0.39 is 0 Å². The highest BCUT2D eigenvalue weighted by atomic mass is 16.5. The molecule has 1 aliphatic heterocycles. The molecule has 2 fully saturated rings. The predicted octanol–water partition coefficient (Wildman–Crippen LogP) is 1.15. The zero-order valence-electron chi connectivity index (χ0n) is 7.12. The molecule has 2 nitrogen and oxygen atoms in total. The molecule has 0 aromatic carbocycles. The van der Waals surface area contributed by atoms with Crippen LogP contribution in [-0.4, -0.2) is 18.8 Å². The van der Waals surface area contributed by atoms with Crippen molar-refractivity contribution in [2.75, 3.05) is 6.61 Å². The first-order valence-electron chi connectivity index (χ1n) is 4.66. The van der Waals surface area contributed by atoms with Crippen LogP contribution in [0.4, 0.5) is 0 Å². The Bertz CT molecular complexity index is 146. The molecule has 1 heterocycles. The van der Waals surface area contributed by atoms with E-state index in [1.807, 2.05) is 0 Å². The average Bonchev–Trinajstić information content (AvgIpc) is 2.34. The molecule has 0 unspecified atom stereocenters. The average molecular weight is 155 g/mol. The van der Waals surface area contributed by atoms with Crippen LogP contribution in [0.1, 0.15) is 26.2 Å². The lowest BCUT2D eigenvalue weighted by Gasteiger charge is -2.31. The fourth-order valence-corrected chi connectivity index (χ4v) is 2.58. The molecular weight excluding hydrogens is 138 g/mol. The molecule has 0 aromatic rings. The number of nitrogens with two attached hydrogens (primary N) is 1. The van der Waals surface area contributed by atoms with Gasteiger partial charge < -0.3 is 10.5 Å². The third kappa shape index (κ3) is 1.18. The first-order chi connectivity index (χ1) is 5.29. The molecule has 1 saturated heterocycles. The second-order valence-electron chi connectivity index (χ2n) is 4.02. The van der Waals surface area contributed by atoms with Crippen LogP contribution in [-0.2, 0) is 4.74 Å². The normalized spacial score (nSPS) is 50.7. The van der Waals surface area contributed by atoms with Gasteiger partial charge in [-0.3, -0.25) is 0 Å². The van der Waals surface area contributed by atoms with Gasteiger partial charge in [0.2, 0.25) is 0 Å². The molecule has 0 bridgehead atoms. The Hall–Kier alpha value is -0.0800. The highest BCUT2D eigenvalue weighted by molar-refractivity contribution is 4.91. The van der Waals surface area contributed by atoms with E-state index in [9.17, 15) is 0 Å². The van der Waals surface area contributed by atoms with Crippen LogP contribution in [0.2, 0.25) is 0 Å². The van der Waals surface area contributed by atoms with Gasteiger partial charge >= 0.3 is 0 Å². The molecule has 2 rings (SSSR count). The zero-order valence-corrected chi connectivity index (χ0v) is 7.12. The number of hydrogen-bond acceptors (Lipinski definition) is 2. The minimum atomic E-state index is 0.409. The summed E-state index contributed by atoms with van der Waals surface area (Å²) in [7, 11) is 0. The monoisotopic (exact) mass is 155 g/mol. The Morgan fingerprint density at radius 1 is 1.36 bits per heavy atom. The molecule has 11 heavy (non-hydrogen) atoms. The van der Waals surface area contributed by atoms with Gasteiger partial charge in [-0.2, -0.15) is 0 Å². The molecule has 0 aromatic heterocycles. The molecular formula is C9H17NO. The highest BCUT2D eigenvalue weighted by Gasteiger charge is 2.40. The van der Waals surface area contributed by atoms with Crippen molar-refractivity contribution in [3.63, 3.8) is 0 Å². The lowest BCUT2D eigenvalue weighted by Crippen LogP contribution is -2.41. The summed E-state index contributed by atoms with van der Waals surface area (Å²) >= 11 is 0. The van der Waals surface area contributed by atoms with Gasteiger partial charge in [0.25, 0.3) is 0 Å². The summed E-state index contributed by atoms with van der Waals surface area (Å²) < 4.78 is 5.66. The Morgan fingerprint density at radius 3 is 2.91 bits per heavy atom. The number of ether oxygens (including phenoxy) is 1. The molecule has 4 atom stereocenters. The molecule has 0 radical (unpaired) electrons. The number of fused-ring (bicyclic) bond motifs is 1. The van der Waals surface area contributed by atoms with Crippen LogP contribution in [0, 0.1) is 11.8 Å². The van der Waals surface area contributed by atoms with Gasteiger partial charge in [0.05, 0.1) is 6.10 Å². The Labute approximate surface area is 68.1 Å². The predicted molar refractivity (Wildman–Crippen MR) is 44.2 cm³/mol. The lowest BCUT2D eigenvalue weighted by molar-refractivity contribution is 0.0593. The Balaban J connectivity index is 2.08. The van der Waals surface area contributed by atoms with E-state index in [2.05, 4.69) is 6.92 Å². The quantitative estimate of drug-likeness (QED) is 0.569. The highest BCUT2D eigenvalue weighted by Crippen LogP contribution is 2.36. The van der Waals surface area contributed by atoms with Crippen molar-refractivity contribution in [2.24, 2.45) is 17.6 Å². The third-order valence-electron chi connectivity index (χ3n) is 3.18. The zero-order chi connectivity index (χ0) is 7.84. The fraction of sp³-hybridized carbons (Fsp3) is 1.00. The lowest BCUT2D eigenvalue weighted by atomic mass is 9.78. The van der Waals surface area contributed by atoms with Crippen molar-refractivity contribution in [3.8, 4) is 0 Å². The molecule has 0 spiro atoms. The van der Waals surface area contributed by atoms with Crippen molar-refractivity contribution in [2.45, 2.75) is 38.3 Å². The van der Waals surface area contributed by atoms with Gasteiger partial charge in [-0.25, -0.2) is 0 Å². The van der Waals surface area contributed by atoms with E-state index in [1.165, 1.54) is 19.3 Å². The Kier molecular flexibility index (Phi) is 1.90.